The van der Waals surface area contributed by atoms with Gasteiger partial charge in [0.2, 0.25) is 0 Å². The van der Waals surface area contributed by atoms with Crippen LogP contribution in [0, 0.1) is 6.92 Å². The van der Waals surface area contributed by atoms with Crippen molar-refractivity contribution >= 4 is 11.7 Å². The average Bonchev–Trinajstić information content (AvgIpc) is 3.24. The van der Waals surface area contributed by atoms with Gasteiger partial charge >= 0.3 is 0 Å². The van der Waals surface area contributed by atoms with Crippen molar-refractivity contribution in [1.29, 1.82) is 0 Å². The fourth-order valence-corrected chi connectivity index (χ4v) is 2.30. The van der Waals surface area contributed by atoms with E-state index in [-0.39, 0.29) is 23.1 Å². The van der Waals surface area contributed by atoms with Gasteiger partial charge in [-0.15, -0.1) is 0 Å². The van der Waals surface area contributed by atoms with Crippen molar-refractivity contribution in [2.75, 3.05) is 6.54 Å². The summed E-state index contributed by atoms with van der Waals surface area (Å²) in [6.45, 7) is 3.73. The van der Waals surface area contributed by atoms with Gasteiger partial charge < -0.3 is 14.4 Å². The summed E-state index contributed by atoms with van der Waals surface area (Å²) in [5, 5.41) is 10.2. The molecular weight excluding hydrogens is 322 g/mol. The van der Waals surface area contributed by atoms with E-state index < -0.39 is 0 Å². The molecule has 7 heteroatoms. The van der Waals surface area contributed by atoms with Crippen molar-refractivity contribution in [3.05, 3.63) is 59.1 Å². The highest BCUT2D eigenvalue weighted by Gasteiger charge is 2.14. The summed E-state index contributed by atoms with van der Waals surface area (Å²) in [6, 6.07) is 10.9. The molecule has 3 rings (SSSR count). The van der Waals surface area contributed by atoms with Crippen molar-refractivity contribution in [2.45, 2.75) is 20.3 Å². The molecule has 0 saturated carbocycles. The van der Waals surface area contributed by atoms with Crippen molar-refractivity contribution < 1.29 is 18.6 Å². The van der Waals surface area contributed by atoms with E-state index >= 15 is 0 Å². The number of nitrogens with one attached hydrogen (secondary N) is 1. The smallest absolute Gasteiger partial charge is 0.273 e. The first-order chi connectivity index (χ1) is 12.0. The van der Waals surface area contributed by atoms with Gasteiger partial charge in [-0.05, 0) is 13.0 Å². The maximum absolute atomic E-state index is 12.1. The molecule has 7 nitrogen and oxygen atoms in total. The van der Waals surface area contributed by atoms with Gasteiger partial charge in [-0.25, -0.2) is 0 Å². The Morgan fingerprint density at radius 3 is 2.60 bits per heavy atom. The zero-order valence-corrected chi connectivity index (χ0v) is 13.9. The highest BCUT2D eigenvalue weighted by Crippen LogP contribution is 2.21. The SMILES string of the molecule is CC(=O)c1cc(CCNC(=O)c2cc(-c3cccc(C)c3)on2)on1. The molecule has 0 radical (unpaired) electrons. The number of hydrogen-bond acceptors (Lipinski definition) is 6. The first kappa shape index (κ1) is 16.6. The molecule has 1 aromatic carbocycles. The number of aryl methyl sites for hydroxylation is 1. The van der Waals surface area contributed by atoms with E-state index in [1.807, 2.05) is 31.2 Å². The number of benzene rings is 1. The number of ketones is 1. The largest absolute Gasteiger partial charge is 0.361 e. The number of amides is 1. The molecular formula is C18H17N3O4. The maximum Gasteiger partial charge on any atom is 0.273 e. The van der Waals surface area contributed by atoms with Crippen molar-refractivity contribution in [3.63, 3.8) is 0 Å². The molecule has 2 aromatic heterocycles. The maximum atomic E-state index is 12.1. The summed E-state index contributed by atoms with van der Waals surface area (Å²) in [5.74, 6) is 0.570. The summed E-state index contributed by atoms with van der Waals surface area (Å²) in [5.41, 5.74) is 2.45. The Balaban J connectivity index is 1.57. The van der Waals surface area contributed by atoms with Crippen LogP contribution in [0.25, 0.3) is 11.3 Å². The van der Waals surface area contributed by atoms with Crippen LogP contribution in [0.4, 0.5) is 0 Å². The van der Waals surface area contributed by atoms with Crippen LogP contribution < -0.4 is 5.32 Å². The molecule has 0 aliphatic carbocycles. The second-order valence-electron chi connectivity index (χ2n) is 5.69. The van der Waals surface area contributed by atoms with Crippen molar-refractivity contribution in [1.82, 2.24) is 15.6 Å². The lowest BCUT2D eigenvalue weighted by Gasteiger charge is -1.99. The first-order valence-electron chi connectivity index (χ1n) is 7.81. The Hall–Kier alpha value is -3.22. The van der Waals surface area contributed by atoms with Gasteiger partial charge in [-0.2, -0.15) is 0 Å². The number of nitrogens with zero attached hydrogens (tertiary/aromatic N) is 2. The molecule has 0 aliphatic rings. The number of Topliss-reactive ketones (excluding diaryl/α,β-unsaturated/α-hetero) is 1. The Morgan fingerprint density at radius 1 is 1.08 bits per heavy atom. The Morgan fingerprint density at radius 2 is 1.88 bits per heavy atom. The number of rotatable bonds is 6. The quantitative estimate of drug-likeness (QED) is 0.693. The molecule has 128 valence electrons. The van der Waals surface area contributed by atoms with Crippen LogP contribution in [0.15, 0.2) is 45.4 Å². The van der Waals surface area contributed by atoms with Gasteiger partial charge in [0.1, 0.15) is 11.5 Å². The van der Waals surface area contributed by atoms with E-state index in [1.54, 1.807) is 12.1 Å². The first-order valence-corrected chi connectivity index (χ1v) is 7.81. The number of hydrogen-bond donors (Lipinski definition) is 1. The lowest BCUT2D eigenvalue weighted by Crippen LogP contribution is -2.25. The predicted octanol–water partition coefficient (Wildman–Crippen LogP) is 2.81. The molecule has 0 fully saturated rings. The van der Waals surface area contributed by atoms with Crippen LogP contribution in [0.1, 0.15) is 39.2 Å². The van der Waals surface area contributed by atoms with E-state index in [9.17, 15) is 9.59 Å². The molecule has 0 spiro atoms. The zero-order chi connectivity index (χ0) is 17.8. The van der Waals surface area contributed by atoms with Crippen LogP contribution in [0.3, 0.4) is 0 Å². The second kappa shape index (κ2) is 7.12. The van der Waals surface area contributed by atoms with Gasteiger partial charge in [-0.3, -0.25) is 9.59 Å². The minimum absolute atomic E-state index is 0.162. The third kappa shape index (κ3) is 4.00. The lowest BCUT2D eigenvalue weighted by molar-refractivity contribution is 0.0943. The molecule has 25 heavy (non-hydrogen) atoms. The van der Waals surface area contributed by atoms with Gasteiger partial charge in [0, 0.05) is 37.6 Å². The molecule has 3 aromatic rings. The number of carbonyl (C=O) groups excluding carboxylic acids is 2. The Kier molecular flexibility index (Phi) is 4.74. The van der Waals surface area contributed by atoms with E-state index in [0.717, 1.165) is 11.1 Å². The summed E-state index contributed by atoms with van der Waals surface area (Å²) in [6.07, 6.45) is 0.425. The monoisotopic (exact) mass is 339 g/mol. The minimum atomic E-state index is -0.339. The normalized spacial score (nSPS) is 10.6. The van der Waals surface area contributed by atoms with Gasteiger partial charge in [0.15, 0.2) is 17.2 Å². The standard InChI is InChI=1S/C18H17N3O4/c1-11-4-3-5-13(8-11)17-10-16(21-25-17)18(23)19-7-6-14-9-15(12(2)22)20-24-14/h3-5,8-10H,6-7H2,1-2H3,(H,19,23). The summed E-state index contributed by atoms with van der Waals surface area (Å²) in [4.78, 5) is 23.3. The predicted molar refractivity (Wildman–Crippen MR) is 89.2 cm³/mol. The molecule has 1 amide bonds. The topological polar surface area (TPSA) is 98.2 Å². The third-order valence-corrected chi connectivity index (χ3v) is 3.62. The fourth-order valence-electron chi connectivity index (χ4n) is 2.30. The summed E-state index contributed by atoms with van der Waals surface area (Å²) in [7, 11) is 0. The Labute approximate surface area is 144 Å². The van der Waals surface area contributed by atoms with Crippen LogP contribution >= 0.6 is 0 Å². The molecule has 0 bridgehead atoms. The van der Waals surface area contributed by atoms with Crippen LogP contribution in [-0.4, -0.2) is 28.5 Å². The second-order valence-corrected chi connectivity index (χ2v) is 5.69. The number of aromatic nitrogens is 2. The molecule has 0 aliphatic heterocycles. The minimum Gasteiger partial charge on any atom is -0.361 e. The highest BCUT2D eigenvalue weighted by atomic mass is 16.5. The molecule has 1 N–H and O–H groups in total. The molecule has 0 atom stereocenters. The molecule has 0 unspecified atom stereocenters. The van der Waals surface area contributed by atoms with Gasteiger partial charge in [-0.1, -0.05) is 34.1 Å². The highest BCUT2D eigenvalue weighted by molar-refractivity contribution is 5.93. The van der Waals surface area contributed by atoms with Crippen LogP contribution in [-0.2, 0) is 6.42 Å². The van der Waals surface area contributed by atoms with Gasteiger partial charge in [0.25, 0.3) is 5.91 Å². The fraction of sp³-hybridized carbons (Fsp3) is 0.222. The third-order valence-electron chi connectivity index (χ3n) is 3.62. The van der Waals surface area contributed by atoms with E-state index in [4.69, 9.17) is 9.05 Å². The summed E-state index contributed by atoms with van der Waals surface area (Å²) >= 11 is 0. The van der Waals surface area contributed by atoms with Crippen LogP contribution in [0.5, 0.6) is 0 Å². The lowest BCUT2D eigenvalue weighted by atomic mass is 10.1. The van der Waals surface area contributed by atoms with Gasteiger partial charge in [0.05, 0.1) is 0 Å². The zero-order valence-electron chi connectivity index (χ0n) is 13.9. The molecule has 0 saturated heterocycles. The average molecular weight is 339 g/mol. The van der Waals surface area contributed by atoms with Crippen LogP contribution in [0.2, 0.25) is 0 Å². The van der Waals surface area contributed by atoms with E-state index in [0.29, 0.717) is 24.5 Å². The number of carbonyl (C=O) groups is 2. The van der Waals surface area contributed by atoms with Crippen molar-refractivity contribution in [3.8, 4) is 11.3 Å². The van der Waals surface area contributed by atoms with Crippen molar-refractivity contribution in [2.24, 2.45) is 0 Å². The van der Waals surface area contributed by atoms with E-state index in [1.165, 1.54) is 6.92 Å². The Bertz CT molecular complexity index is 910. The molecule has 2 heterocycles. The summed E-state index contributed by atoms with van der Waals surface area (Å²) < 4.78 is 10.3. The van der Waals surface area contributed by atoms with E-state index in [2.05, 4.69) is 15.6 Å².